The summed E-state index contributed by atoms with van der Waals surface area (Å²) in [6, 6.07) is 3.61. The van der Waals surface area contributed by atoms with Gasteiger partial charge in [0.25, 0.3) is 0 Å². The quantitative estimate of drug-likeness (QED) is 0.848. The lowest BCUT2D eigenvalue weighted by Crippen LogP contribution is -2.05. The number of hydrogen-bond acceptors (Lipinski definition) is 2. The molecule has 1 N–H and O–H groups in total. The van der Waals surface area contributed by atoms with E-state index in [9.17, 15) is 4.79 Å². The summed E-state index contributed by atoms with van der Waals surface area (Å²) in [5.74, 6) is 0.621. The van der Waals surface area contributed by atoms with Gasteiger partial charge in [-0.1, -0.05) is 0 Å². The monoisotopic (exact) mass is 220 g/mol. The van der Waals surface area contributed by atoms with Gasteiger partial charge < -0.3 is 9.84 Å². The molecule has 0 unspecified atom stereocenters. The predicted molar refractivity (Wildman–Crippen MR) is 61.1 cm³/mol. The van der Waals surface area contributed by atoms with Crippen LogP contribution in [0.1, 0.15) is 34.3 Å². The molecule has 2 rings (SSSR count). The lowest BCUT2D eigenvalue weighted by molar-refractivity contribution is 0.0695. The Morgan fingerprint density at radius 3 is 2.38 bits per heavy atom. The van der Waals surface area contributed by atoms with Crippen LogP contribution in [0, 0.1) is 19.8 Å². The molecular formula is C13H16O3. The van der Waals surface area contributed by atoms with Crippen LogP contribution >= 0.6 is 0 Å². The maximum Gasteiger partial charge on any atom is 0.336 e. The summed E-state index contributed by atoms with van der Waals surface area (Å²) in [5.41, 5.74) is 1.91. The molecule has 0 aromatic heterocycles. The maximum atomic E-state index is 11.0. The number of ether oxygens (including phenoxy) is 1. The predicted octanol–water partition coefficient (Wildman–Crippen LogP) is 2.79. The highest BCUT2D eigenvalue weighted by Crippen LogP contribution is 2.30. The van der Waals surface area contributed by atoms with Gasteiger partial charge in [0.1, 0.15) is 5.75 Å². The maximum absolute atomic E-state index is 11.0. The second kappa shape index (κ2) is 4.16. The molecule has 1 aliphatic carbocycles. The molecule has 16 heavy (non-hydrogen) atoms. The third-order valence-electron chi connectivity index (χ3n) is 2.90. The zero-order valence-corrected chi connectivity index (χ0v) is 9.62. The van der Waals surface area contributed by atoms with E-state index in [2.05, 4.69) is 0 Å². The third-order valence-corrected chi connectivity index (χ3v) is 2.90. The molecule has 3 nitrogen and oxygen atoms in total. The zero-order valence-electron chi connectivity index (χ0n) is 9.62. The molecule has 0 heterocycles. The van der Waals surface area contributed by atoms with E-state index in [0.29, 0.717) is 11.5 Å². The SMILES string of the molecule is Cc1cc(OCC2CC2)cc(C)c1C(=O)O. The second-order valence-electron chi connectivity index (χ2n) is 4.49. The largest absolute Gasteiger partial charge is 0.493 e. The van der Waals surface area contributed by atoms with Crippen molar-refractivity contribution in [2.24, 2.45) is 5.92 Å². The van der Waals surface area contributed by atoms with Crippen LogP contribution in [0.15, 0.2) is 12.1 Å². The number of benzene rings is 1. The standard InChI is InChI=1S/C13H16O3/c1-8-5-11(16-7-10-3-4-10)6-9(2)12(8)13(14)15/h5-6,10H,3-4,7H2,1-2H3,(H,14,15). The molecule has 0 bridgehead atoms. The molecule has 0 aliphatic heterocycles. The number of aromatic carboxylic acids is 1. The van der Waals surface area contributed by atoms with Crippen molar-refractivity contribution in [3.8, 4) is 5.75 Å². The van der Waals surface area contributed by atoms with Gasteiger partial charge in [-0.05, 0) is 55.9 Å². The Morgan fingerprint density at radius 1 is 1.38 bits per heavy atom. The summed E-state index contributed by atoms with van der Waals surface area (Å²) in [5, 5.41) is 9.02. The Bertz CT molecular complexity index is 396. The van der Waals surface area contributed by atoms with Gasteiger partial charge in [0, 0.05) is 0 Å². The molecule has 0 saturated heterocycles. The minimum absolute atomic E-state index is 0.388. The fraction of sp³-hybridized carbons (Fsp3) is 0.462. The minimum atomic E-state index is -0.872. The van der Waals surface area contributed by atoms with Crippen LogP contribution in [0.2, 0.25) is 0 Å². The van der Waals surface area contributed by atoms with Crippen molar-refractivity contribution in [2.45, 2.75) is 26.7 Å². The first kappa shape index (κ1) is 11.0. The molecular weight excluding hydrogens is 204 g/mol. The van der Waals surface area contributed by atoms with Crippen LogP contribution in [0.4, 0.5) is 0 Å². The molecule has 0 spiro atoms. The van der Waals surface area contributed by atoms with Gasteiger partial charge in [-0.2, -0.15) is 0 Å². The number of rotatable bonds is 4. The first-order valence-electron chi connectivity index (χ1n) is 5.55. The molecule has 0 atom stereocenters. The van der Waals surface area contributed by atoms with E-state index in [0.717, 1.165) is 23.5 Å². The average Bonchev–Trinajstić information content (AvgIpc) is 2.96. The van der Waals surface area contributed by atoms with Gasteiger partial charge in [-0.15, -0.1) is 0 Å². The summed E-state index contributed by atoms with van der Waals surface area (Å²) in [7, 11) is 0. The van der Waals surface area contributed by atoms with E-state index in [1.807, 2.05) is 0 Å². The highest BCUT2D eigenvalue weighted by atomic mass is 16.5. The molecule has 3 heteroatoms. The normalized spacial score (nSPS) is 14.9. The molecule has 1 saturated carbocycles. The van der Waals surface area contributed by atoms with E-state index in [1.54, 1.807) is 26.0 Å². The van der Waals surface area contributed by atoms with Gasteiger partial charge in [-0.25, -0.2) is 4.79 Å². The van der Waals surface area contributed by atoms with Crippen molar-refractivity contribution in [2.75, 3.05) is 6.61 Å². The molecule has 86 valence electrons. The Labute approximate surface area is 95.0 Å². The van der Waals surface area contributed by atoms with Gasteiger partial charge in [-0.3, -0.25) is 0 Å². The number of carboxylic acids is 1. The summed E-state index contributed by atoms with van der Waals surface area (Å²) >= 11 is 0. The Hall–Kier alpha value is -1.51. The molecule has 0 radical (unpaired) electrons. The Balaban J connectivity index is 2.18. The van der Waals surface area contributed by atoms with Crippen molar-refractivity contribution in [3.05, 3.63) is 28.8 Å². The molecule has 1 fully saturated rings. The van der Waals surface area contributed by atoms with Crippen molar-refractivity contribution in [1.82, 2.24) is 0 Å². The summed E-state index contributed by atoms with van der Waals surface area (Å²) in [4.78, 5) is 11.0. The topological polar surface area (TPSA) is 46.5 Å². The van der Waals surface area contributed by atoms with E-state index >= 15 is 0 Å². The Morgan fingerprint density at radius 2 is 1.94 bits per heavy atom. The van der Waals surface area contributed by atoms with Crippen LogP contribution in [0.25, 0.3) is 0 Å². The average molecular weight is 220 g/mol. The third kappa shape index (κ3) is 2.35. The van der Waals surface area contributed by atoms with E-state index < -0.39 is 5.97 Å². The van der Waals surface area contributed by atoms with Crippen LogP contribution in [-0.4, -0.2) is 17.7 Å². The van der Waals surface area contributed by atoms with Crippen molar-refractivity contribution in [1.29, 1.82) is 0 Å². The first-order valence-corrected chi connectivity index (χ1v) is 5.55. The highest BCUT2D eigenvalue weighted by Gasteiger charge is 2.22. The first-order chi connectivity index (χ1) is 7.58. The summed E-state index contributed by atoms with van der Waals surface area (Å²) in [6.07, 6.45) is 2.51. The fourth-order valence-corrected chi connectivity index (χ4v) is 1.84. The van der Waals surface area contributed by atoms with Crippen LogP contribution < -0.4 is 4.74 Å². The molecule has 1 aromatic carbocycles. The van der Waals surface area contributed by atoms with Gasteiger partial charge >= 0.3 is 5.97 Å². The second-order valence-corrected chi connectivity index (χ2v) is 4.49. The number of aryl methyl sites for hydroxylation is 2. The van der Waals surface area contributed by atoms with Gasteiger partial charge in [0.2, 0.25) is 0 Å². The summed E-state index contributed by atoms with van der Waals surface area (Å²) < 4.78 is 5.63. The van der Waals surface area contributed by atoms with Crippen LogP contribution in [-0.2, 0) is 0 Å². The van der Waals surface area contributed by atoms with E-state index in [1.165, 1.54) is 12.8 Å². The molecule has 0 amide bonds. The minimum Gasteiger partial charge on any atom is -0.493 e. The molecule has 1 aromatic rings. The number of hydrogen-bond donors (Lipinski definition) is 1. The smallest absolute Gasteiger partial charge is 0.336 e. The van der Waals surface area contributed by atoms with Crippen molar-refractivity contribution >= 4 is 5.97 Å². The van der Waals surface area contributed by atoms with E-state index in [4.69, 9.17) is 9.84 Å². The van der Waals surface area contributed by atoms with Crippen LogP contribution in [0.5, 0.6) is 5.75 Å². The molecule has 1 aliphatic rings. The lowest BCUT2D eigenvalue weighted by Gasteiger charge is -2.10. The Kier molecular flexibility index (Phi) is 2.86. The van der Waals surface area contributed by atoms with E-state index in [-0.39, 0.29) is 0 Å². The van der Waals surface area contributed by atoms with Gasteiger partial charge in [0.15, 0.2) is 0 Å². The van der Waals surface area contributed by atoms with Crippen molar-refractivity contribution < 1.29 is 14.6 Å². The summed E-state index contributed by atoms with van der Waals surface area (Å²) in [6.45, 7) is 4.37. The fourth-order valence-electron chi connectivity index (χ4n) is 1.84. The highest BCUT2D eigenvalue weighted by molar-refractivity contribution is 5.91. The lowest BCUT2D eigenvalue weighted by atomic mass is 10.0. The van der Waals surface area contributed by atoms with Gasteiger partial charge in [0.05, 0.1) is 12.2 Å². The number of carboxylic acid groups (broad SMARTS) is 1. The number of carbonyl (C=O) groups is 1. The van der Waals surface area contributed by atoms with Crippen LogP contribution in [0.3, 0.4) is 0 Å². The van der Waals surface area contributed by atoms with Crippen molar-refractivity contribution in [3.63, 3.8) is 0 Å². The zero-order chi connectivity index (χ0) is 11.7.